The zero-order chi connectivity index (χ0) is 22.4. The predicted octanol–water partition coefficient (Wildman–Crippen LogP) is 4.35. The Bertz CT molecular complexity index is 1390. The van der Waals surface area contributed by atoms with Crippen LogP contribution in [-0.2, 0) is 4.74 Å². The summed E-state index contributed by atoms with van der Waals surface area (Å²) in [6.45, 7) is 2.15. The first-order valence-corrected chi connectivity index (χ1v) is 10.5. The fourth-order valence-corrected chi connectivity index (χ4v) is 4.24. The van der Waals surface area contributed by atoms with Crippen molar-refractivity contribution in [3.8, 4) is 11.1 Å². The van der Waals surface area contributed by atoms with Crippen LogP contribution < -0.4 is 5.73 Å². The number of aromatic nitrogens is 1. The molecule has 1 fully saturated rings. The summed E-state index contributed by atoms with van der Waals surface area (Å²) >= 11 is 5.81. The monoisotopic (exact) mass is 451 g/mol. The number of benzene rings is 3. The highest BCUT2D eigenvalue weighted by molar-refractivity contribution is 6.30. The standard InChI is InChI=1S/C24H19ClFN3O3/c25-19-4-2-13(11-20(19)26)15-9-17-16-3-1-14(24(31)29-5-7-32-8-6-29)12-21(16)28-22(17)18(10-15)23(27)30/h1-4,9-12,28H,5-8H2,(H2,27,30). The van der Waals surface area contributed by atoms with Gasteiger partial charge < -0.3 is 20.4 Å². The number of halogens is 2. The van der Waals surface area contributed by atoms with Crippen LogP contribution >= 0.6 is 11.6 Å². The third kappa shape index (κ3) is 3.49. The number of hydrogen-bond acceptors (Lipinski definition) is 3. The lowest BCUT2D eigenvalue weighted by atomic mass is 9.98. The number of carbonyl (C=O) groups excluding carboxylic acids is 2. The van der Waals surface area contributed by atoms with E-state index in [1.54, 1.807) is 29.2 Å². The summed E-state index contributed by atoms with van der Waals surface area (Å²) in [7, 11) is 0. The van der Waals surface area contributed by atoms with E-state index in [1.165, 1.54) is 12.1 Å². The second-order valence-corrected chi connectivity index (χ2v) is 8.14. The van der Waals surface area contributed by atoms with Crippen LogP contribution in [-0.4, -0.2) is 48.0 Å². The van der Waals surface area contributed by atoms with E-state index in [0.717, 1.165) is 10.8 Å². The first-order chi connectivity index (χ1) is 15.4. The Morgan fingerprint density at radius 2 is 1.78 bits per heavy atom. The summed E-state index contributed by atoms with van der Waals surface area (Å²) in [5.41, 5.74) is 8.97. The SMILES string of the molecule is NC(=O)c1cc(-c2ccc(Cl)c(F)c2)cc2c1[nH]c1cc(C(=O)N3CCOCC3)ccc12. The number of H-pyrrole nitrogens is 1. The largest absolute Gasteiger partial charge is 0.378 e. The molecule has 0 aliphatic carbocycles. The van der Waals surface area contributed by atoms with E-state index in [2.05, 4.69) is 4.98 Å². The first kappa shape index (κ1) is 20.5. The molecular formula is C24H19ClFN3O3. The fraction of sp³-hybridized carbons (Fsp3) is 0.167. The molecule has 1 aromatic heterocycles. The highest BCUT2D eigenvalue weighted by atomic mass is 35.5. The number of hydrogen-bond donors (Lipinski definition) is 2. The van der Waals surface area contributed by atoms with Gasteiger partial charge in [-0.1, -0.05) is 23.7 Å². The van der Waals surface area contributed by atoms with Crippen molar-refractivity contribution in [1.29, 1.82) is 0 Å². The van der Waals surface area contributed by atoms with Crippen LogP contribution in [0.15, 0.2) is 48.5 Å². The number of fused-ring (bicyclic) bond motifs is 3. The maximum atomic E-state index is 14.0. The van der Waals surface area contributed by atoms with Gasteiger partial charge in [-0.25, -0.2) is 4.39 Å². The van der Waals surface area contributed by atoms with E-state index >= 15 is 0 Å². The summed E-state index contributed by atoms with van der Waals surface area (Å²) in [5.74, 6) is -1.22. The van der Waals surface area contributed by atoms with E-state index in [4.69, 9.17) is 22.1 Å². The summed E-state index contributed by atoms with van der Waals surface area (Å²) < 4.78 is 19.3. The number of rotatable bonds is 3. The van der Waals surface area contributed by atoms with E-state index in [9.17, 15) is 14.0 Å². The number of nitrogens with one attached hydrogen (secondary N) is 1. The number of amides is 2. The van der Waals surface area contributed by atoms with Gasteiger partial charge >= 0.3 is 0 Å². The number of morpholine rings is 1. The van der Waals surface area contributed by atoms with Gasteiger partial charge in [-0.15, -0.1) is 0 Å². The topological polar surface area (TPSA) is 88.4 Å². The van der Waals surface area contributed by atoms with Gasteiger partial charge in [-0.3, -0.25) is 9.59 Å². The number of ether oxygens (including phenoxy) is 1. The van der Waals surface area contributed by atoms with Gasteiger partial charge in [0.25, 0.3) is 11.8 Å². The number of nitrogens with zero attached hydrogens (tertiary/aromatic N) is 1. The Balaban J connectivity index is 1.65. The summed E-state index contributed by atoms with van der Waals surface area (Å²) in [6, 6.07) is 13.4. The Kier molecular flexibility index (Phi) is 5.07. The van der Waals surface area contributed by atoms with Gasteiger partial charge in [0.05, 0.1) is 29.3 Å². The molecule has 1 saturated heterocycles. The molecule has 0 saturated carbocycles. The molecule has 0 unspecified atom stereocenters. The van der Waals surface area contributed by atoms with Crippen LogP contribution in [0.4, 0.5) is 4.39 Å². The van der Waals surface area contributed by atoms with E-state index in [1.807, 2.05) is 12.1 Å². The minimum absolute atomic E-state index is 0.0227. The van der Waals surface area contributed by atoms with Crippen LogP contribution in [0.25, 0.3) is 32.9 Å². The molecule has 32 heavy (non-hydrogen) atoms. The van der Waals surface area contributed by atoms with Crippen molar-refractivity contribution in [3.63, 3.8) is 0 Å². The maximum Gasteiger partial charge on any atom is 0.254 e. The van der Waals surface area contributed by atoms with Crippen molar-refractivity contribution in [1.82, 2.24) is 9.88 Å². The third-order valence-electron chi connectivity index (χ3n) is 5.77. The maximum absolute atomic E-state index is 14.0. The predicted molar refractivity (Wildman–Crippen MR) is 121 cm³/mol. The number of aromatic amines is 1. The molecule has 162 valence electrons. The molecule has 3 N–H and O–H groups in total. The molecule has 0 spiro atoms. The van der Waals surface area contributed by atoms with Crippen LogP contribution in [0.2, 0.25) is 5.02 Å². The van der Waals surface area contributed by atoms with Crippen molar-refractivity contribution < 1.29 is 18.7 Å². The highest BCUT2D eigenvalue weighted by Gasteiger charge is 2.20. The van der Waals surface area contributed by atoms with Crippen molar-refractivity contribution in [2.45, 2.75) is 0 Å². The van der Waals surface area contributed by atoms with Gasteiger partial charge in [-0.05, 0) is 47.5 Å². The second kappa shape index (κ2) is 7.93. The van der Waals surface area contributed by atoms with Gasteiger partial charge in [0.15, 0.2) is 0 Å². The normalized spacial score (nSPS) is 14.2. The molecule has 0 atom stereocenters. The molecule has 1 aliphatic heterocycles. The number of carbonyl (C=O) groups is 2. The first-order valence-electron chi connectivity index (χ1n) is 10.1. The zero-order valence-electron chi connectivity index (χ0n) is 17.0. The molecule has 1 aliphatic rings. The smallest absolute Gasteiger partial charge is 0.254 e. The van der Waals surface area contributed by atoms with E-state index in [-0.39, 0.29) is 16.5 Å². The Morgan fingerprint density at radius 1 is 1.00 bits per heavy atom. The van der Waals surface area contributed by atoms with Crippen molar-refractivity contribution >= 4 is 45.2 Å². The molecule has 3 aromatic carbocycles. The fourth-order valence-electron chi connectivity index (χ4n) is 4.13. The minimum atomic E-state index is -0.609. The van der Waals surface area contributed by atoms with Crippen molar-refractivity contribution in [3.05, 3.63) is 70.5 Å². The summed E-state index contributed by atoms with van der Waals surface area (Å²) in [5, 5.41) is 1.61. The van der Waals surface area contributed by atoms with Gasteiger partial charge in [-0.2, -0.15) is 0 Å². The lowest BCUT2D eigenvalue weighted by Crippen LogP contribution is -2.40. The third-order valence-corrected chi connectivity index (χ3v) is 6.08. The van der Waals surface area contributed by atoms with Crippen molar-refractivity contribution in [2.75, 3.05) is 26.3 Å². The second-order valence-electron chi connectivity index (χ2n) is 7.73. The van der Waals surface area contributed by atoms with Crippen LogP contribution in [0, 0.1) is 5.82 Å². The lowest BCUT2D eigenvalue weighted by molar-refractivity contribution is 0.0303. The van der Waals surface area contributed by atoms with Gasteiger partial charge in [0.2, 0.25) is 0 Å². The molecule has 8 heteroatoms. The van der Waals surface area contributed by atoms with Crippen molar-refractivity contribution in [2.24, 2.45) is 5.73 Å². The molecule has 5 rings (SSSR count). The number of nitrogens with two attached hydrogens (primary N) is 1. The summed E-state index contributed by atoms with van der Waals surface area (Å²) in [4.78, 5) is 30.1. The molecule has 0 radical (unpaired) electrons. The Hall–Kier alpha value is -3.42. The highest BCUT2D eigenvalue weighted by Crippen LogP contribution is 2.34. The molecule has 2 amide bonds. The lowest BCUT2D eigenvalue weighted by Gasteiger charge is -2.26. The van der Waals surface area contributed by atoms with Crippen LogP contribution in [0.3, 0.4) is 0 Å². The van der Waals surface area contributed by atoms with Crippen LogP contribution in [0.1, 0.15) is 20.7 Å². The van der Waals surface area contributed by atoms with Gasteiger partial charge in [0, 0.05) is 34.9 Å². The Morgan fingerprint density at radius 3 is 2.50 bits per heavy atom. The zero-order valence-corrected chi connectivity index (χ0v) is 17.7. The molecular weight excluding hydrogens is 433 g/mol. The minimum Gasteiger partial charge on any atom is -0.378 e. The average molecular weight is 452 g/mol. The van der Waals surface area contributed by atoms with E-state index in [0.29, 0.717) is 54.0 Å². The molecule has 2 heterocycles. The van der Waals surface area contributed by atoms with E-state index < -0.39 is 11.7 Å². The Labute approximate surface area is 187 Å². The average Bonchev–Trinajstić information content (AvgIpc) is 3.18. The van der Waals surface area contributed by atoms with Crippen LogP contribution in [0.5, 0.6) is 0 Å². The quantitative estimate of drug-likeness (QED) is 0.485. The van der Waals surface area contributed by atoms with Gasteiger partial charge in [0.1, 0.15) is 5.82 Å². The molecule has 4 aromatic rings. The summed E-state index contributed by atoms with van der Waals surface area (Å²) in [6.07, 6.45) is 0. The molecule has 6 nitrogen and oxygen atoms in total. The molecule has 0 bridgehead atoms. The number of primary amides is 1.